The third-order valence-electron chi connectivity index (χ3n) is 2.20. The van der Waals surface area contributed by atoms with Gasteiger partial charge in [-0.1, -0.05) is 23.3 Å². The Morgan fingerprint density at radius 1 is 1.38 bits per heavy atom. The minimum atomic E-state index is 0.133. The van der Waals surface area contributed by atoms with Crippen molar-refractivity contribution in [3.8, 4) is 5.69 Å². The number of aromatic nitrogens is 4. The quantitative estimate of drug-likeness (QED) is 0.777. The maximum absolute atomic E-state index is 5.54. The molecular formula is C10H14N6. The Balaban J connectivity index is 2.26. The summed E-state index contributed by atoms with van der Waals surface area (Å²) in [6.45, 7) is 2.51. The lowest BCUT2D eigenvalue weighted by Gasteiger charge is -2.11. The van der Waals surface area contributed by atoms with Gasteiger partial charge in [0, 0.05) is 12.6 Å². The van der Waals surface area contributed by atoms with Crippen LogP contribution in [0.15, 0.2) is 30.3 Å². The molecule has 1 heterocycles. The minimum Gasteiger partial charge on any atom is -0.349 e. The van der Waals surface area contributed by atoms with Gasteiger partial charge in [0.25, 0.3) is 0 Å². The second-order valence-electron chi connectivity index (χ2n) is 3.53. The van der Waals surface area contributed by atoms with Crippen molar-refractivity contribution in [3.63, 3.8) is 0 Å². The van der Waals surface area contributed by atoms with Gasteiger partial charge < -0.3 is 11.1 Å². The van der Waals surface area contributed by atoms with E-state index in [0.717, 1.165) is 5.69 Å². The lowest BCUT2D eigenvalue weighted by Crippen LogP contribution is -2.26. The van der Waals surface area contributed by atoms with Gasteiger partial charge in [0.15, 0.2) is 0 Å². The Kier molecular flexibility index (Phi) is 3.11. The van der Waals surface area contributed by atoms with Crippen molar-refractivity contribution in [2.75, 3.05) is 11.9 Å². The molecule has 0 aliphatic rings. The fourth-order valence-corrected chi connectivity index (χ4v) is 1.30. The molecule has 1 atom stereocenters. The molecule has 0 saturated carbocycles. The first-order valence-corrected chi connectivity index (χ1v) is 5.11. The maximum Gasteiger partial charge on any atom is 0.248 e. The Labute approximate surface area is 93.5 Å². The molecule has 16 heavy (non-hydrogen) atoms. The van der Waals surface area contributed by atoms with E-state index >= 15 is 0 Å². The Morgan fingerprint density at radius 2 is 2.12 bits per heavy atom. The van der Waals surface area contributed by atoms with Crippen molar-refractivity contribution < 1.29 is 0 Å². The predicted molar refractivity (Wildman–Crippen MR) is 61.3 cm³/mol. The summed E-state index contributed by atoms with van der Waals surface area (Å²) in [5, 5.41) is 14.6. The first-order chi connectivity index (χ1) is 7.81. The lowest BCUT2D eigenvalue weighted by molar-refractivity contribution is 0.763. The maximum atomic E-state index is 5.54. The number of nitrogens with one attached hydrogen (secondary N) is 1. The Bertz CT molecular complexity index is 438. The highest BCUT2D eigenvalue weighted by Gasteiger charge is 2.09. The fourth-order valence-electron chi connectivity index (χ4n) is 1.30. The SMILES string of the molecule is CC(CN)Nc1nnnn1-c1ccccc1. The van der Waals surface area contributed by atoms with Crippen LogP contribution in [0.4, 0.5) is 5.95 Å². The zero-order valence-corrected chi connectivity index (χ0v) is 9.04. The molecule has 0 fully saturated rings. The molecule has 84 valence electrons. The number of nitrogens with two attached hydrogens (primary N) is 1. The highest BCUT2D eigenvalue weighted by atomic mass is 15.6. The van der Waals surface area contributed by atoms with Crippen LogP contribution in [0.2, 0.25) is 0 Å². The van der Waals surface area contributed by atoms with Crippen LogP contribution in [-0.4, -0.2) is 32.8 Å². The minimum absolute atomic E-state index is 0.133. The largest absolute Gasteiger partial charge is 0.349 e. The lowest BCUT2D eigenvalue weighted by atomic mass is 10.3. The predicted octanol–water partition coefficient (Wildman–Crippen LogP) is 0.421. The molecule has 0 radical (unpaired) electrons. The second kappa shape index (κ2) is 4.71. The third kappa shape index (κ3) is 2.17. The first kappa shape index (κ1) is 10.6. The van der Waals surface area contributed by atoms with Crippen LogP contribution < -0.4 is 11.1 Å². The van der Waals surface area contributed by atoms with E-state index in [-0.39, 0.29) is 6.04 Å². The van der Waals surface area contributed by atoms with Crippen molar-refractivity contribution in [1.29, 1.82) is 0 Å². The molecule has 0 aliphatic heterocycles. The van der Waals surface area contributed by atoms with Gasteiger partial charge in [0.2, 0.25) is 5.95 Å². The number of tetrazole rings is 1. The monoisotopic (exact) mass is 218 g/mol. The highest BCUT2D eigenvalue weighted by Crippen LogP contribution is 2.10. The number of hydrogen-bond donors (Lipinski definition) is 2. The summed E-state index contributed by atoms with van der Waals surface area (Å²) in [6.07, 6.45) is 0. The number of anilines is 1. The van der Waals surface area contributed by atoms with Crippen LogP contribution in [0.1, 0.15) is 6.92 Å². The van der Waals surface area contributed by atoms with Gasteiger partial charge in [-0.15, -0.1) is 0 Å². The summed E-state index contributed by atoms with van der Waals surface area (Å²) in [5.41, 5.74) is 6.45. The van der Waals surface area contributed by atoms with Gasteiger partial charge in [0.05, 0.1) is 5.69 Å². The zero-order valence-electron chi connectivity index (χ0n) is 9.04. The van der Waals surface area contributed by atoms with E-state index in [1.165, 1.54) is 0 Å². The number of hydrogen-bond acceptors (Lipinski definition) is 5. The average Bonchev–Trinajstić information content (AvgIpc) is 2.78. The molecule has 6 nitrogen and oxygen atoms in total. The van der Waals surface area contributed by atoms with Crippen molar-refractivity contribution in [3.05, 3.63) is 30.3 Å². The molecule has 0 amide bonds. The number of para-hydroxylation sites is 1. The fraction of sp³-hybridized carbons (Fsp3) is 0.300. The molecule has 2 aromatic rings. The van der Waals surface area contributed by atoms with Gasteiger partial charge in [-0.05, 0) is 29.5 Å². The molecule has 0 saturated heterocycles. The van der Waals surface area contributed by atoms with Crippen LogP contribution >= 0.6 is 0 Å². The van der Waals surface area contributed by atoms with Crippen LogP contribution in [0, 0.1) is 0 Å². The summed E-state index contributed by atoms with van der Waals surface area (Å²) < 4.78 is 1.64. The van der Waals surface area contributed by atoms with Crippen LogP contribution in [0.5, 0.6) is 0 Å². The van der Waals surface area contributed by atoms with E-state index in [4.69, 9.17) is 5.73 Å². The molecule has 0 bridgehead atoms. The molecule has 0 spiro atoms. The standard InChI is InChI=1S/C10H14N6/c1-8(7-11)12-10-13-14-15-16(10)9-5-3-2-4-6-9/h2-6,8H,7,11H2,1H3,(H,12,13,15). The van der Waals surface area contributed by atoms with E-state index in [2.05, 4.69) is 20.8 Å². The topological polar surface area (TPSA) is 81.7 Å². The van der Waals surface area contributed by atoms with Gasteiger partial charge in [0.1, 0.15) is 0 Å². The molecule has 3 N–H and O–H groups in total. The average molecular weight is 218 g/mol. The molecule has 1 aromatic heterocycles. The van der Waals surface area contributed by atoms with E-state index in [1.807, 2.05) is 37.3 Å². The third-order valence-corrected chi connectivity index (χ3v) is 2.20. The molecular weight excluding hydrogens is 204 g/mol. The van der Waals surface area contributed by atoms with Crippen LogP contribution in [0.25, 0.3) is 5.69 Å². The van der Waals surface area contributed by atoms with Gasteiger partial charge in [-0.25, -0.2) is 0 Å². The molecule has 0 aliphatic carbocycles. The van der Waals surface area contributed by atoms with E-state index in [9.17, 15) is 0 Å². The van der Waals surface area contributed by atoms with Crippen molar-refractivity contribution >= 4 is 5.95 Å². The number of rotatable bonds is 4. The van der Waals surface area contributed by atoms with Crippen molar-refractivity contribution in [2.45, 2.75) is 13.0 Å². The summed E-state index contributed by atoms with van der Waals surface area (Å²) in [6, 6.07) is 9.83. The molecule has 6 heteroatoms. The summed E-state index contributed by atoms with van der Waals surface area (Å²) in [4.78, 5) is 0. The van der Waals surface area contributed by atoms with Crippen molar-refractivity contribution in [1.82, 2.24) is 20.2 Å². The first-order valence-electron chi connectivity index (χ1n) is 5.11. The van der Waals surface area contributed by atoms with Gasteiger partial charge >= 0.3 is 0 Å². The normalized spacial score (nSPS) is 12.4. The smallest absolute Gasteiger partial charge is 0.248 e. The van der Waals surface area contributed by atoms with E-state index in [0.29, 0.717) is 12.5 Å². The summed E-state index contributed by atoms with van der Waals surface area (Å²) >= 11 is 0. The van der Waals surface area contributed by atoms with Gasteiger partial charge in [-0.3, -0.25) is 0 Å². The van der Waals surface area contributed by atoms with Crippen molar-refractivity contribution in [2.24, 2.45) is 5.73 Å². The summed E-state index contributed by atoms with van der Waals surface area (Å²) in [7, 11) is 0. The van der Waals surface area contributed by atoms with E-state index < -0.39 is 0 Å². The van der Waals surface area contributed by atoms with Crippen LogP contribution in [0.3, 0.4) is 0 Å². The van der Waals surface area contributed by atoms with Gasteiger partial charge in [-0.2, -0.15) is 4.68 Å². The van der Waals surface area contributed by atoms with Crippen LogP contribution in [-0.2, 0) is 0 Å². The number of nitrogens with zero attached hydrogens (tertiary/aromatic N) is 4. The molecule has 1 unspecified atom stereocenters. The zero-order chi connectivity index (χ0) is 11.4. The highest BCUT2D eigenvalue weighted by molar-refractivity contribution is 5.38. The second-order valence-corrected chi connectivity index (χ2v) is 3.53. The molecule has 2 rings (SSSR count). The Morgan fingerprint density at radius 3 is 2.81 bits per heavy atom. The Hall–Kier alpha value is -1.95. The number of benzene rings is 1. The van der Waals surface area contributed by atoms with E-state index in [1.54, 1.807) is 4.68 Å². The summed E-state index contributed by atoms with van der Waals surface area (Å²) in [5.74, 6) is 0.601. The molecule has 1 aromatic carbocycles.